The van der Waals surface area contributed by atoms with Gasteiger partial charge in [-0.25, -0.2) is 4.99 Å². The van der Waals surface area contributed by atoms with Gasteiger partial charge in [0.2, 0.25) is 0 Å². The van der Waals surface area contributed by atoms with Gasteiger partial charge in [-0.2, -0.15) is 0 Å². The van der Waals surface area contributed by atoms with Crippen LogP contribution in [-0.2, 0) is 16.0 Å². The van der Waals surface area contributed by atoms with E-state index in [1.807, 2.05) is 24.3 Å². The van der Waals surface area contributed by atoms with Crippen LogP contribution in [0, 0.1) is 5.92 Å². The quantitative estimate of drug-likeness (QED) is 0.399. The molecule has 2 rings (SSSR count). The van der Waals surface area contributed by atoms with E-state index in [1.54, 1.807) is 0 Å². The zero-order chi connectivity index (χ0) is 17.7. The van der Waals surface area contributed by atoms with Crippen LogP contribution in [-0.4, -0.2) is 45.5 Å². The number of benzene rings is 1. The lowest BCUT2D eigenvalue weighted by atomic mass is 10.0. The molecule has 1 aromatic rings. The molecule has 1 heterocycles. The molecule has 0 unspecified atom stereocenters. The molecule has 25 heavy (non-hydrogen) atoms. The molecular formula is C19H30ClN3O2. The molecule has 6 heteroatoms. The molecule has 1 aliphatic heterocycles. The van der Waals surface area contributed by atoms with Crippen molar-refractivity contribution in [1.82, 2.24) is 10.6 Å². The van der Waals surface area contributed by atoms with Gasteiger partial charge in [-0.3, -0.25) is 0 Å². The molecule has 0 radical (unpaired) electrons. The van der Waals surface area contributed by atoms with Crippen molar-refractivity contribution in [3.05, 3.63) is 34.9 Å². The average Bonchev–Trinajstić information content (AvgIpc) is 2.64. The topological polar surface area (TPSA) is 54.9 Å². The minimum absolute atomic E-state index is 0.632. The number of nitrogens with one attached hydrogen (secondary N) is 2. The lowest BCUT2D eigenvalue weighted by Gasteiger charge is -2.21. The molecule has 0 amide bonds. The van der Waals surface area contributed by atoms with Crippen LogP contribution in [0.5, 0.6) is 0 Å². The Bertz CT molecular complexity index is 502. The lowest BCUT2D eigenvalue weighted by Crippen LogP contribution is -2.38. The van der Waals surface area contributed by atoms with Crippen LogP contribution >= 0.6 is 11.6 Å². The van der Waals surface area contributed by atoms with Crippen molar-refractivity contribution >= 4 is 17.6 Å². The fourth-order valence-corrected chi connectivity index (χ4v) is 2.77. The van der Waals surface area contributed by atoms with Gasteiger partial charge in [0.1, 0.15) is 0 Å². The smallest absolute Gasteiger partial charge is 0.191 e. The van der Waals surface area contributed by atoms with Crippen LogP contribution in [0.3, 0.4) is 0 Å². The number of guanidine groups is 1. The lowest BCUT2D eigenvalue weighted by molar-refractivity contribution is 0.0203. The summed E-state index contributed by atoms with van der Waals surface area (Å²) in [4.78, 5) is 4.60. The first-order valence-electron chi connectivity index (χ1n) is 9.20. The van der Waals surface area contributed by atoms with E-state index < -0.39 is 0 Å². The second-order valence-corrected chi connectivity index (χ2v) is 6.67. The molecule has 1 saturated heterocycles. The molecule has 0 aliphatic carbocycles. The Morgan fingerprint density at radius 1 is 1.24 bits per heavy atom. The van der Waals surface area contributed by atoms with Gasteiger partial charge < -0.3 is 20.1 Å². The van der Waals surface area contributed by atoms with E-state index in [0.717, 1.165) is 75.3 Å². The minimum Gasteiger partial charge on any atom is -0.381 e. The predicted molar refractivity (Wildman–Crippen MR) is 103 cm³/mol. The molecule has 0 aromatic heterocycles. The van der Waals surface area contributed by atoms with Gasteiger partial charge in [0, 0.05) is 44.5 Å². The fraction of sp³-hybridized carbons (Fsp3) is 0.632. The number of hydrogen-bond acceptors (Lipinski definition) is 3. The summed E-state index contributed by atoms with van der Waals surface area (Å²) < 4.78 is 11.1. The summed E-state index contributed by atoms with van der Waals surface area (Å²) in [5.41, 5.74) is 1.14. The third kappa shape index (κ3) is 8.56. The Kier molecular flexibility index (Phi) is 9.70. The van der Waals surface area contributed by atoms with E-state index in [2.05, 4.69) is 22.5 Å². The third-order valence-electron chi connectivity index (χ3n) is 4.13. The maximum Gasteiger partial charge on any atom is 0.191 e. The van der Waals surface area contributed by atoms with Crippen molar-refractivity contribution in [1.29, 1.82) is 0 Å². The Labute approximate surface area is 156 Å². The minimum atomic E-state index is 0.632. The second-order valence-electron chi connectivity index (χ2n) is 6.23. The molecule has 0 bridgehead atoms. The number of hydrogen-bond donors (Lipinski definition) is 2. The number of aliphatic imine (C=N–C) groups is 1. The molecular weight excluding hydrogens is 338 g/mol. The molecule has 0 atom stereocenters. The summed E-state index contributed by atoms with van der Waals surface area (Å²) in [6, 6.07) is 7.78. The maximum atomic E-state index is 5.91. The largest absolute Gasteiger partial charge is 0.381 e. The normalized spacial score (nSPS) is 16.0. The van der Waals surface area contributed by atoms with Crippen LogP contribution in [0.4, 0.5) is 0 Å². The molecule has 1 aliphatic rings. The summed E-state index contributed by atoms with van der Waals surface area (Å²) in [6.07, 6.45) is 3.22. The Morgan fingerprint density at radius 3 is 2.72 bits per heavy atom. The standard InChI is InChI=1S/C19H30ClN3O2/c1-2-21-19(23-14-16-4-6-18(20)7-5-16)22-10-3-11-25-15-17-8-12-24-13-9-17/h4-7,17H,2-3,8-15H2,1H3,(H2,21,22,23). The van der Waals surface area contributed by atoms with Crippen molar-refractivity contribution < 1.29 is 9.47 Å². The predicted octanol–water partition coefficient (Wildman–Crippen LogP) is 3.23. The van der Waals surface area contributed by atoms with E-state index in [4.69, 9.17) is 21.1 Å². The first-order chi connectivity index (χ1) is 12.3. The van der Waals surface area contributed by atoms with E-state index in [-0.39, 0.29) is 0 Å². The first kappa shape index (κ1) is 20.0. The molecule has 140 valence electrons. The highest BCUT2D eigenvalue weighted by molar-refractivity contribution is 6.30. The van der Waals surface area contributed by atoms with E-state index in [9.17, 15) is 0 Å². The van der Waals surface area contributed by atoms with Crippen LogP contribution in [0.1, 0.15) is 31.7 Å². The van der Waals surface area contributed by atoms with Crippen molar-refractivity contribution in [3.8, 4) is 0 Å². The number of halogens is 1. The molecule has 1 aromatic carbocycles. The van der Waals surface area contributed by atoms with Gasteiger partial charge in [0.15, 0.2) is 5.96 Å². The van der Waals surface area contributed by atoms with Gasteiger partial charge in [0.05, 0.1) is 6.54 Å². The molecule has 5 nitrogen and oxygen atoms in total. The Balaban J connectivity index is 1.61. The van der Waals surface area contributed by atoms with Crippen LogP contribution < -0.4 is 10.6 Å². The zero-order valence-corrected chi connectivity index (χ0v) is 15.9. The first-order valence-corrected chi connectivity index (χ1v) is 9.58. The summed E-state index contributed by atoms with van der Waals surface area (Å²) >= 11 is 5.91. The third-order valence-corrected chi connectivity index (χ3v) is 4.38. The van der Waals surface area contributed by atoms with Crippen molar-refractivity contribution in [2.45, 2.75) is 32.7 Å². The van der Waals surface area contributed by atoms with Gasteiger partial charge >= 0.3 is 0 Å². The van der Waals surface area contributed by atoms with Crippen molar-refractivity contribution in [2.24, 2.45) is 10.9 Å². The molecule has 2 N–H and O–H groups in total. The molecule has 0 spiro atoms. The SMILES string of the molecule is CCNC(=NCc1ccc(Cl)cc1)NCCCOCC1CCOCC1. The number of ether oxygens (including phenoxy) is 2. The van der Waals surface area contributed by atoms with Crippen molar-refractivity contribution in [2.75, 3.05) is 39.5 Å². The van der Waals surface area contributed by atoms with E-state index in [0.29, 0.717) is 12.5 Å². The fourth-order valence-electron chi connectivity index (χ4n) is 2.65. The van der Waals surface area contributed by atoms with Gasteiger partial charge in [-0.1, -0.05) is 23.7 Å². The van der Waals surface area contributed by atoms with Gasteiger partial charge in [0.25, 0.3) is 0 Å². The zero-order valence-electron chi connectivity index (χ0n) is 15.1. The molecule has 1 fully saturated rings. The van der Waals surface area contributed by atoms with Gasteiger partial charge in [-0.15, -0.1) is 0 Å². The highest BCUT2D eigenvalue weighted by Crippen LogP contribution is 2.14. The Hall–Kier alpha value is -1.30. The Morgan fingerprint density at radius 2 is 2.00 bits per heavy atom. The average molecular weight is 368 g/mol. The maximum absolute atomic E-state index is 5.91. The van der Waals surface area contributed by atoms with E-state index in [1.165, 1.54) is 0 Å². The monoisotopic (exact) mass is 367 g/mol. The van der Waals surface area contributed by atoms with Crippen molar-refractivity contribution in [3.63, 3.8) is 0 Å². The van der Waals surface area contributed by atoms with Gasteiger partial charge in [-0.05, 0) is 49.8 Å². The van der Waals surface area contributed by atoms with Crippen LogP contribution in [0.2, 0.25) is 5.02 Å². The summed E-state index contributed by atoms with van der Waals surface area (Å²) in [5.74, 6) is 1.50. The summed E-state index contributed by atoms with van der Waals surface area (Å²) in [7, 11) is 0. The molecule has 0 saturated carbocycles. The van der Waals surface area contributed by atoms with Crippen LogP contribution in [0.25, 0.3) is 0 Å². The number of nitrogens with zero attached hydrogens (tertiary/aromatic N) is 1. The van der Waals surface area contributed by atoms with Crippen LogP contribution in [0.15, 0.2) is 29.3 Å². The highest BCUT2D eigenvalue weighted by atomic mass is 35.5. The summed E-state index contributed by atoms with van der Waals surface area (Å²) in [5, 5.41) is 7.37. The van der Waals surface area contributed by atoms with E-state index >= 15 is 0 Å². The summed E-state index contributed by atoms with van der Waals surface area (Å²) in [6.45, 7) is 7.78. The second kappa shape index (κ2) is 12.1. The highest BCUT2D eigenvalue weighted by Gasteiger charge is 2.13. The number of rotatable bonds is 9.